The molecular weight excluding hydrogens is 354 g/mol. The van der Waals surface area contributed by atoms with E-state index in [1.165, 1.54) is 10.5 Å². The van der Waals surface area contributed by atoms with Crippen LogP contribution in [0.3, 0.4) is 0 Å². The highest BCUT2D eigenvalue weighted by Gasteiger charge is 2.16. The molecule has 0 unspecified atom stereocenters. The molecule has 3 rings (SSSR count). The lowest BCUT2D eigenvalue weighted by Gasteiger charge is -2.10. The Balaban J connectivity index is 0.000000352. The van der Waals surface area contributed by atoms with E-state index in [0.717, 1.165) is 29.4 Å². The fourth-order valence-corrected chi connectivity index (χ4v) is 3.23. The minimum Gasteiger partial charge on any atom is -0.473 e. The number of benzene rings is 2. The van der Waals surface area contributed by atoms with Gasteiger partial charge in [0.1, 0.15) is 11.5 Å². The SMILES string of the molecule is CNCCSC1=Cc2ccccc2Oc2ccccc21.O=C(O)C(=O)O. The van der Waals surface area contributed by atoms with Crippen LogP contribution in [0.1, 0.15) is 11.1 Å². The van der Waals surface area contributed by atoms with Gasteiger partial charge in [0.15, 0.2) is 0 Å². The maximum atomic E-state index is 9.10. The van der Waals surface area contributed by atoms with Crippen molar-refractivity contribution in [2.24, 2.45) is 0 Å². The second-order valence-corrected chi connectivity index (χ2v) is 6.34. The summed E-state index contributed by atoms with van der Waals surface area (Å²) in [5, 5.41) is 18.0. The Labute approximate surface area is 155 Å². The summed E-state index contributed by atoms with van der Waals surface area (Å²) in [4.78, 5) is 19.5. The average molecular weight is 373 g/mol. The number of hydrogen-bond donors (Lipinski definition) is 3. The van der Waals surface area contributed by atoms with Crippen molar-refractivity contribution in [2.75, 3.05) is 19.3 Å². The van der Waals surface area contributed by atoms with Crippen molar-refractivity contribution in [3.05, 3.63) is 59.7 Å². The Bertz CT molecular complexity index is 807. The van der Waals surface area contributed by atoms with Crippen LogP contribution in [0.2, 0.25) is 0 Å². The van der Waals surface area contributed by atoms with E-state index >= 15 is 0 Å². The van der Waals surface area contributed by atoms with Gasteiger partial charge in [0.25, 0.3) is 0 Å². The van der Waals surface area contributed by atoms with Gasteiger partial charge in [-0.15, -0.1) is 11.8 Å². The third kappa shape index (κ3) is 5.37. The summed E-state index contributed by atoms with van der Waals surface area (Å²) in [5.41, 5.74) is 2.31. The van der Waals surface area contributed by atoms with Gasteiger partial charge >= 0.3 is 11.9 Å². The van der Waals surface area contributed by atoms with Crippen LogP contribution >= 0.6 is 11.8 Å². The third-order valence-electron chi connectivity index (χ3n) is 3.37. The Hall–Kier alpha value is -2.77. The first-order chi connectivity index (χ1) is 12.5. The Morgan fingerprint density at radius 1 is 1.00 bits per heavy atom. The molecule has 1 aliphatic heterocycles. The van der Waals surface area contributed by atoms with E-state index < -0.39 is 11.9 Å². The second-order valence-electron chi connectivity index (χ2n) is 5.21. The number of hydrogen-bond acceptors (Lipinski definition) is 5. The molecular formula is C19H19NO5S. The summed E-state index contributed by atoms with van der Waals surface area (Å²) in [6, 6.07) is 16.4. The molecule has 6 nitrogen and oxygen atoms in total. The fraction of sp³-hybridized carbons (Fsp3) is 0.158. The van der Waals surface area contributed by atoms with Gasteiger partial charge in [-0.05, 0) is 25.3 Å². The molecule has 7 heteroatoms. The highest BCUT2D eigenvalue weighted by atomic mass is 32.2. The van der Waals surface area contributed by atoms with Crippen molar-refractivity contribution < 1.29 is 24.5 Å². The first-order valence-electron chi connectivity index (χ1n) is 7.84. The van der Waals surface area contributed by atoms with Gasteiger partial charge in [-0.1, -0.05) is 36.4 Å². The van der Waals surface area contributed by atoms with Gasteiger partial charge in [-0.3, -0.25) is 0 Å². The number of carboxylic acid groups (broad SMARTS) is 2. The quantitative estimate of drug-likeness (QED) is 0.558. The molecule has 0 bridgehead atoms. The van der Waals surface area contributed by atoms with E-state index in [1.807, 2.05) is 49.1 Å². The summed E-state index contributed by atoms with van der Waals surface area (Å²) in [7, 11) is 1.98. The molecule has 136 valence electrons. The summed E-state index contributed by atoms with van der Waals surface area (Å²) >= 11 is 1.86. The molecule has 0 atom stereocenters. The van der Waals surface area contributed by atoms with E-state index in [1.54, 1.807) is 0 Å². The molecule has 0 fully saturated rings. The molecule has 0 aromatic heterocycles. The predicted octanol–water partition coefficient (Wildman–Crippen LogP) is 3.40. The van der Waals surface area contributed by atoms with Crippen molar-refractivity contribution in [1.29, 1.82) is 0 Å². The molecule has 0 amide bonds. The van der Waals surface area contributed by atoms with Gasteiger partial charge in [-0.2, -0.15) is 0 Å². The molecule has 0 radical (unpaired) electrons. The number of rotatable bonds is 4. The van der Waals surface area contributed by atoms with Crippen LogP contribution in [0.4, 0.5) is 0 Å². The van der Waals surface area contributed by atoms with Gasteiger partial charge in [0, 0.05) is 28.3 Å². The number of ether oxygens (including phenoxy) is 1. The molecule has 1 aliphatic rings. The van der Waals surface area contributed by atoms with Crippen molar-refractivity contribution in [3.63, 3.8) is 0 Å². The topological polar surface area (TPSA) is 95.9 Å². The zero-order valence-electron chi connectivity index (χ0n) is 14.1. The van der Waals surface area contributed by atoms with Gasteiger partial charge in [-0.25, -0.2) is 9.59 Å². The number of fused-ring (bicyclic) bond motifs is 2. The minimum absolute atomic E-state index is 0.921. The summed E-state index contributed by atoms with van der Waals surface area (Å²) in [6.07, 6.45) is 2.22. The van der Waals surface area contributed by atoms with Gasteiger partial charge in [0.05, 0.1) is 0 Å². The van der Waals surface area contributed by atoms with Crippen molar-refractivity contribution in [1.82, 2.24) is 5.32 Å². The van der Waals surface area contributed by atoms with E-state index in [-0.39, 0.29) is 0 Å². The fourth-order valence-electron chi connectivity index (χ4n) is 2.17. The largest absolute Gasteiger partial charge is 0.473 e. The number of nitrogens with one attached hydrogen (secondary N) is 1. The summed E-state index contributed by atoms with van der Waals surface area (Å²) < 4.78 is 6.06. The highest BCUT2D eigenvalue weighted by molar-refractivity contribution is 8.08. The summed E-state index contributed by atoms with van der Waals surface area (Å²) in [6.45, 7) is 0.993. The van der Waals surface area contributed by atoms with Crippen molar-refractivity contribution in [3.8, 4) is 11.5 Å². The number of carbonyl (C=O) groups is 2. The van der Waals surface area contributed by atoms with Crippen LogP contribution < -0.4 is 10.1 Å². The zero-order chi connectivity index (χ0) is 18.9. The lowest BCUT2D eigenvalue weighted by atomic mass is 10.1. The Morgan fingerprint density at radius 3 is 2.27 bits per heavy atom. The van der Waals surface area contributed by atoms with Crippen LogP contribution in [-0.2, 0) is 9.59 Å². The second kappa shape index (κ2) is 9.65. The maximum absolute atomic E-state index is 9.10. The van der Waals surface area contributed by atoms with Crippen LogP contribution in [0, 0.1) is 0 Å². The number of carboxylic acids is 2. The normalized spacial score (nSPS) is 11.5. The monoisotopic (exact) mass is 373 g/mol. The molecule has 2 aromatic carbocycles. The van der Waals surface area contributed by atoms with Crippen molar-refractivity contribution >= 4 is 34.7 Å². The maximum Gasteiger partial charge on any atom is 0.414 e. The third-order valence-corrected chi connectivity index (χ3v) is 4.43. The summed E-state index contributed by atoms with van der Waals surface area (Å²) in [5.74, 6) is -0.756. The molecule has 3 N–H and O–H groups in total. The molecule has 0 spiro atoms. The van der Waals surface area contributed by atoms with Crippen molar-refractivity contribution in [2.45, 2.75) is 0 Å². The molecule has 2 aromatic rings. The zero-order valence-corrected chi connectivity index (χ0v) is 15.0. The van der Waals surface area contributed by atoms with Crippen LogP contribution in [0.15, 0.2) is 48.5 Å². The lowest BCUT2D eigenvalue weighted by molar-refractivity contribution is -0.159. The molecule has 1 heterocycles. The van der Waals surface area contributed by atoms with Crippen LogP contribution in [0.25, 0.3) is 11.0 Å². The highest BCUT2D eigenvalue weighted by Crippen LogP contribution is 2.42. The number of aliphatic carboxylic acids is 2. The number of para-hydroxylation sites is 2. The molecule has 26 heavy (non-hydrogen) atoms. The van der Waals surface area contributed by atoms with Crippen LogP contribution in [0.5, 0.6) is 11.5 Å². The first-order valence-corrected chi connectivity index (χ1v) is 8.83. The molecule has 0 saturated heterocycles. The van der Waals surface area contributed by atoms with Gasteiger partial charge in [0.2, 0.25) is 0 Å². The standard InChI is InChI=1S/C17H17NOS.C2H2O4/c1-18-10-11-20-17-12-13-6-2-4-8-15(13)19-16-9-5-3-7-14(16)17;3-1(4)2(5)6/h2-9,12,18H,10-11H2,1H3;(H,3,4)(H,5,6). The van der Waals surface area contributed by atoms with Gasteiger partial charge < -0.3 is 20.3 Å². The predicted molar refractivity (Wildman–Crippen MR) is 102 cm³/mol. The number of thioether (sulfide) groups is 1. The molecule has 0 aliphatic carbocycles. The Kier molecular flexibility index (Phi) is 7.25. The van der Waals surface area contributed by atoms with E-state index in [4.69, 9.17) is 24.5 Å². The van der Waals surface area contributed by atoms with E-state index in [2.05, 4.69) is 29.6 Å². The first kappa shape index (κ1) is 19.6. The Morgan fingerprint density at radius 2 is 1.62 bits per heavy atom. The van der Waals surface area contributed by atoms with Crippen LogP contribution in [-0.4, -0.2) is 41.5 Å². The smallest absolute Gasteiger partial charge is 0.414 e. The minimum atomic E-state index is -1.82. The average Bonchev–Trinajstić information content (AvgIpc) is 2.79. The van der Waals surface area contributed by atoms with E-state index in [9.17, 15) is 0 Å². The lowest BCUT2D eigenvalue weighted by Crippen LogP contribution is -2.09. The van der Waals surface area contributed by atoms with E-state index in [0.29, 0.717) is 0 Å². The molecule has 0 saturated carbocycles.